The van der Waals surface area contributed by atoms with Gasteiger partial charge in [-0.05, 0) is 12.1 Å². The molecule has 1 aromatic rings. The predicted molar refractivity (Wildman–Crippen MR) is 116 cm³/mol. The van der Waals surface area contributed by atoms with Gasteiger partial charge in [0.1, 0.15) is 24.4 Å². The van der Waals surface area contributed by atoms with Gasteiger partial charge in [0, 0.05) is 18.3 Å². The highest BCUT2D eigenvalue weighted by Gasteiger charge is 2.49. The van der Waals surface area contributed by atoms with Gasteiger partial charge in [0.05, 0.1) is 24.0 Å². The second-order valence-electron chi connectivity index (χ2n) is 8.67. The van der Waals surface area contributed by atoms with E-state index in [-0.39, 0.29) is 17.6 Å². The lowest BCUT2D eigenvalue weighted by molar-refractivity contribution is -0.340. The summed E-state index contributed by atoms with van der Waals surface area (Å²) in [6.07, 6.45) is -7.89. The number of cyclic esters (lactones) is 1. The molecule has 7 N–H and O–H groups in total. The van der Waals surface area contributed by atoms with E-state index < -0.39 is 90.9 Å². The Kier molecular flexibility index (Phi) is 7.59. The Labute approximate surface area is 209 Å². The number of hydrogen-bond donors (Lipinski definition) is 7. The first kappa shape index (κ1) is 26.7. The number of benzene rings is 1. The van der Waals surface area contributed by atoms with Gasteiger partial charge in [0.25, 0.3) is 0 Å². The Balaban J connectivity index is 1.48. The molecule has 0 unspecified atom stereocenters. The molecule has 0 saturated carbocycles. The number of rotatable bonds is 6. The first-order valence-electron chi connectivity index (χ1n) is 11.2. The van der Waals surface area contributed by atoms with E-state index in [9.17, 15) is 45.3 Å². The molecule has 0 bridgehead atoms. The van der Waals surface area contributed by atoms with E-state index in [2.05, 4.69) is 6.58 Å². The number of aromatic hydroxyl groups is 3. The summed E-state index contributed by atoms with van der Waals surface area (Å²) in [5.41, 5.74) is -0.230. The smallest absolute Gasteiger partial charge is 0.341 e. The molecule has 1 aromatic carbocycles. The van der Waals surface area contributed by atoms with Gasteiger partial charge in [-0.2, -0.15) is 0 Å². The fourth-order valence-corrected chi connectivity index (χ4v) is 4.33. The van der Waals surface area contributed by atoms with E-state index in [0.29, 0.717) is 0 Å². The number of hydrogen-bond acceptors (Lipinski definition) is 14. The van der Waals surface area contributed by atoms with Gasteiger partial charge in [-0.15, -0.1) is 6.58 Å². The van der Waals surface area contributed by atoms with Gasteiger partial charge in [-0.25, -0.2) is 9.59 Å². The van der Waals surface area contributed by atoms with E-state index >= 15 is 0 Å². The topological polar surface area (TPSA) is 222 Å². The van der Waals surface area contributed by atoms with Crippen LogP contribution >= 0.6 is 0 Å². The predicted octanol–water partition coefficient (Wildman–Crippen LogP) is -1.29. The third-order valence-electron chi connectivity index (χ3n) is 6.36. The Morgan fingerprint density at radius 3 is 2.38 bits per heavy atom. The van der Waals surface area contributed by atoms with E-state index in [4.69, 9.17) is 23.7 Å². The number of carbonyl (C=O) groups is 2. The van der Waals surface area contributed by atoms with Crippen molar-refractivity contribution in [2.45, 2.75) is 49.7 Å². The van der Waals surface area contributed by atoms with Gasteiger partial charge in [0.2, 0.25) is 12.6 Å². The first-order valence-corrected chi connectivity index (χ1v) is 11.2. The summed E-state index contributed by atoms with van der Waals surface area (Å²) >= 11 is 0. The van der Waals surface area contributed by atoms with Crippen molar-refractivity contribution in [3.05, 3.63) is 42.2 Å². The minimum absolute atomic E-state index is 0.0754. The van der Waals surface area contributed by atoms with Crippen molar-refractivity contribution in [3.63, 3.8) is 0 Å². The average Bonchev–Trinajstić information content (AvgIpc) is 2.87. The molecule has 3 aliphatic heterocycles. The summed E-state index contributed by atoms with van der Waals surface area (Å²) < 4.78 is 26.9. The third-order valence-corrected chi connectivity index (χ3v) is 6.36. The average molecular weight is 526 g/mol. The summed E-state index contributed by atoms with van der Waals surface area (Å²) in [4.78, 5) is 25.1. The number of phenols is 3. The Bertz CT molecular complexity index is 1060. The zero-order valence-electron chi connectivity index (χ0n) is 19.1. The van der Waals surface area contributed by atoms with Gasteiger partial charge in [0.15, 0.2) is 23.5 Å². The molecular weight excluding hydrogens is 500 g/mol. The van der Waals surface area contributed by atoms with Crippen LogP contribution in [0.1, 0.15) is 16.8 Å². The molecule has 0 aromatic heterocycles. The van der Waals surface area contributed by atoms with Crippen LogP contribution in [-0.2, 0) is 28.5 Å². The van der Waals surface area contributed by atoms with E-state index in [0.717, 1.165) is 18.4 Å². The normalized spacial score (nSPS) is 35.4. The fraction of sp³-hybridized carbons (Fsp3) is 0.478. The van der Waals surface area contributed by atoms with Crippen LogP contribution in [0.15, 0.2) is 36.6 Å². The third kappa shape index (κ3) is 5.07. The molecule has 202 valence electrons. The number of ether oxygens (including phenoxy) is 5. The van der Waals surface area contributed by atoms with Crippen LogP contribution in [0, 0.1) is 11.8 Å². The summed E-state index contributed by atoms with van der Waals surface area (Å²) in [6, 6.07) is 1.72. The molecule has 14 nitrogen and oxygen atoms in total. The number of aliphatic hydroxyl groups excluding tert-OH is 4. The lowest BCUT2D eigenvalue weighted by Gasteiger charge is -2.44. The zero-order chi connectivity index (χ0) is 27.0. The SMILES string of the molecule is C=C[C@H]1[C@H](O[C@@H]2O[C@H](CO)[C@@H](O)[C@H](O)[C@H]2O)OC=C2C(=O)O[C@@H](OC(=O)c3cc(O)c(O)c(O)c3)C[C@H]21. The lowest BCUT2D eigenvalue weighted by Crippen LogP contribution is -2.60. The number of aliphatic hydroxyl groups is 4. The van der Waals surface area contributed by atoms with Crippen molar-refractivity contribution >= 4 is 11.9 Å². The van der Waals surface area contributed by atoms with Gasteiger partial charge in [-0.1, -0.05) is 6.08 Å². The highest BCUT2D eigenvalue weighted by atomic mass is 16.8. The van der Waals surface area contributed by atoms with Crippen LogP contribution < -0.4 is 0 Å². The largest absolute Gasteiger partial charge is 0.504 e. The molecule has 0 radical (unpaired) electrons. The van der Waals surface area contributed by atoms with Crippen molar-refractivity contribution in [2.75, 3.05) is 6.61 Å². The summed E-state index contributed by atoms with van der Waals surface area (Å²) in [5.74, 6) is -5.75. The minimum Gasteiger partial charge on any atom is -0.504 e. The van der Waals surface area contributed by atoms with Crippen molar-refractivity contribution in [1.82, 2.24) is 0 Å². The highest BCUT2D eigenvalue weighted by Crippen LogP contribution is 2.41. The maximum absolute atomic E-state index is 12.6. The maximum atomic E-state index is 12.6. The molecule has 2 fully saturated rings. The van der Waals surface area contributed by atoms with Crippen LogP contribution in [0.3, 0.4) is 0 Å². The monoisotopic (exact) mass is 526 g/mol. The highest BCUT2D eigenvalue weighted by molar-refractivity contribution is 5.92. The molecule has 3 heterocycles. The minimum atomic E-state index is -1.69. The Morgan fingerprint density at radius 1 is 1.08 bits per heavy atom. The van der Waals surface area contributed by atoms with Crippen LogP contribution in [-0.4, -0.2) is 97.6 Å². The molecule has 2 saturated heterocycles. The maximum Gasteiger partial charge on any atom is 0.341 e. The van der Waals surface area contributed by atoms with Crippen molar-refractivity contribution < 1.29 is 69.0 Å². The van der Waals surface area contributed by atoms with E-state index in [1.807, 2.05) is 0 Å². The number of fused-ring (bicyclic) bond motifs is 1. The zero-order valence-corrected chi connectivity index (χ0v) is 19.1. The Hall–Kier alpha value is -3.40. The molecule has 0 spiro atoms. The standard InChI is InChI=1S/C23H26O14/c1-2-9-10-5-15(35-20(31)8-3-12(25)16(27)13(26)4-8)36-21(32)11(10)7-33-22(9)37-23-19(30)18(29)17(28)14(6-24)34-23/h2-4,7,9-10,14-15,17-19,22-30H,1,5-6H2/t9-,10+,14-,15-,17-,18+,19-,22+,23+/m1/s1. The molecule has 37 heavy (non-hydrogen) atoms. The second-order valence-corrected chi connectivity index (χ2v) is 8.67. The second kappa shape index (κ2) is 10.5. The molecule has 4 rings (SSSR count). The summed E-state index contributed by atoms with van der Waals surface area (Å²) in [5, 5.41) is 68.3. The molecule has 0 amide bonds. The van der Waals surface area contributed by atoms with Crippen LogP contribution in [0.5, 0.6) is 17.2 Å². The van der Waals surface area contributed by atoms with Crippen molar-refractivity contribution in [2.24, 2.45) is 11.8 Å². The van der Waals surface area contributed by atoms with Crippen molar-refractivity contribution in [3.8, 4) is 17.2 Å². The quantitative estimate of drug-likeness (QED) is 0.130. The van der Waals surface area contributed by atoms with Crippen LogP contribution in [0.4, 0.5) is 0 Å². The van der Waals surface area contributed by atoms with Gasteiger partial charge >= 0.3 is 11.9 Å². The van der Waals surface area contributed by atoms with Crippen LogP contribution in [0.2, 0.25) is 0 Å². The Morgan fingerprint density at radius 2 is 1.76 bits per heavy atom. The van der Waals surface area contributed by atoms with Gasteiger partial charge < -0.3 is 59.4 Å². The lowest BCUT2D eigenvalue weighted by atomic mass is 9.80. The molecule has 3 aliphatic rings. The number of phenolic OH excluding ortho intramolecular Hbond substituents is 3. The fourth-order valence-electron chi connectivity index (χ4n) is 4.33. The van der Waals surface area contributed by atoms with Crippen LogP contribution in [0.25, 0.3) is 0 Å². The molecule has 9 atom stereocenters. The summed E-state index contributed by atoms with van der Waals surface area (Å²) in [7, 11) is 0. The van der Waals surface area contributed by atoms with E-state index in [1.54, 1.807) is 0 Å². The number of esters is 2. The molecular formula is C23H26O14. The molecule has 14 heteroatoms. The van der Waals surface area contributed by atoms with E-state index in [1.165, 1.54) is 6.08 Å². The van der Waals surface area contributed by atoms with Crippen molar-refractivity contribution in [1.29, 1.82) is 0 Å². The first-order chi connectivity index (χ1) is 17.5. The number of carbonyl (C=O) groups excluding carboxylic acids is 2. The molecule has 0 aliphatic carbocycles. The summed E-state index contributed by atoms with van der Waals surface area (Å²) in [6.45, 7) is 3.06. The van der Waals surface area contributed by atoms with Gasteiger partial charge in [-0.3, -0.25) is 0 Å².